The highest BCUT2D eigenvalue weighted by molar-refractivity contribution is 9.10. The van der Waals surface area contributed by atoms with Gasteiger partial charge in [-0.1, -0.05) is 31.9 Å². The van der Waals surface area contributed by atoms with Crippen LogP contribution in [0.2, 0.25) is 0 Å². The summed E-state index contributed by atoms with van der Waals surface area (Å²) in [6.45, 7) is 0. The standard InChI is InChI=1S/C22H20Br2O4/c1-27-17-11-5-6-12(17)20-8-4-3-7(15(8)25)19(11,20)21(23)9(3)16(26)10(4)22(20,24)14(6)18(28-2)13(5)21/h3-14,17-18H,1-2H3. The van der Waals surface area contributed by atoms with Crippen LogP contribution < -0.4 is 0 Å². The van der Waals surface area contributed by atoms with E-state index in [1.54, 1.807) is 0 Å². The van der Waals surface area contributed by atoms with E-state index in [4.69, 9.17) is 9.47 Å². The molecule has 6 heteroatoms. The highest BCUT2D eigenvalue weighted by atomic mass is 79.9. The smallest absolute Gasteiger partial charge is 0.142 e. The second kappa shape index (κ2) is 3.40. The molecule has 0 aromatic heterocycles. The maximum atomic E-state index is 14.0. The number of halogens is 2. The number of fused-ring (bicyclic) bond motifs is 4. The number of methoxy groups -OCH3 is 2. The number of carbonyl (C=O) groups excluding carboxylic acids is 2. The molecule has 10 rings (SSSR count). The molecule has 28 heavy (non-hydrogen) atoms. The van der Waals surface area contributed by atoms with E-state index >= 15 is 0 Å². The third kappa shape index (κ3) is 0.729. The molecule has 4 bridgehead atoms. The van der Waals surface area contributed by atoms with Gasteiger partial charge in [0, 0.05) is 69.2 Å². The summed E-state index contributed by atoms with van der Waals surface area (Å²) in [5, 5.41) is 0. The van der Waals surface area contributed by atoms with Crippen molar-refractivity contribution < 1.29 is 19.1 Å². The van der Waals surface area contributed by atoms with Crippen LogP contribution in [-0.4, -0.2) is 46.6 Å². The van der Waals surface area contributed by atoms with Crippen LogP contribution in [0.3, 0.4) is 0 Å². The predicted molar refractivity (Wildman–Crippen MR) is 102 cm³/mol. The van der Waals surface area contributed by atoms with Crippen molar-refractivity contribution >= 4 is 43.4 Å². The fraction of sp³-hybridized carbons (Fsp3) is 0.909. The largest absolute Gasteiger partial charge is 0.381 e. The molecule has 0 aromatic carbocycles. The van der Waals surface area contributed by atoms with Gasteiger partial charge in [-0.05, 0) is 35.5 Å². The predicted octanol–water partition coefficient (Wildman–Crippen LogP) is 1.93. The quantitative estimate of drug-likeness (QED) is 0.536. The molecule has 16 atom stereocenters. The molecule has 10 aliphatic rings. The Bertz CT molecular complexity index is 958. The lowest BCUT2D eigenvalue weighted by Crippen LogP contribution is -2.57. The zero-order chi connectivity index (χ0) is 18.7. The van der Waals surface area contributed by atoms with Crippen LogP contribution in [0.5, 0.6) is 0 Å². The normalized spacial score (nSPS) is 85.4. The molecule has 0 N–H and O–H groups in total. The van der Waals surface area contributed by atoms with Gasteiger partial charge in [-0.3, -0.25) is 9.59 Å². The number of carbonyl (C=O) groups is 2. The maximum Gasteiger partial charge on any atom is 0.142 e. The zero-order valence-electron chi connectivity index (χ0n) is 15.5. The number of rotatable bonds is 2. The lowest BCUT2D eigenvalue weighted by atomic mass is 9.51. The summed E-state index contributed by atoms with van der Waals surface area (Å²) >= 11 is 8.82. The summed E-state index contributed by atoms with van der Waals surface area (Å²) in [6, 6.07) is 0. The van der Waals surface area contributed by atoms with Crippen LogP contribution in [0.1, 0.15) is 0 Å². The lowest BCUT2D eigenvalue weighted by Gasteiger charge is -2.54. The van der Waals surface area contributed by atoms with E-state index in [0.29, 0.717) is 47.1 Å². The first kappa shape index (κ1) is 15.1. The van der Waals surface area contributed by atoms with Gasteiger partial charge in [0.25, 0.3) is 0 Å². The maximum absolute atomic E-state index is 14.0. The van der Waals surface area contributed by atoms with Gasteiger partial charge < -0.3 is 9.47 Å². The van der Waals surface area contributed by atoms with Crippen molar-refractivity contribution in [2.45, 2.75) is 20.9 Å². The van der Waals surface area contributed by atoms with Gasteiger partial charge in [-0.25, -0.2) is 0 Å². The Balaban J connectivity index is 1.51. The molecule has 16 unspecified atom stereocenters. The number of ketones is 2. The SMILES string of the molecule is COC1C2C3C4C1C1(Br)C5C(=O)C6C7C5C5C(=O)C7C7(C3C(OC)C4C517)C62Br. The second-order valence-electron chi connectivity index (χ2n) is 11.8. The lowest BCUT2D eigenvalue weighted by molar-refractivity contribution is -0.128. The van der Waals surface area contributed by atoms with Crippen molar-refractivity contribution in [3.05, 3.63) is 0 Å². The molecule has 0 aromatic rings. The first-order valence-corrected chi connectivity index (χ1v) is 12.5. The molecule has 4 nitrogen and oxygen atoms in total. The third-order valence-corrected chi connectivity index (χ3v) is 16.5. The number of ether oxygens (including phenoxy) is 2. The van der Waals surface area contributed by atoms with Crippen LogP contribution in [-0.2, 0) is 19.1 Å². The summed E-state index contributed by atoms with van der Waals surface area (Å²) in [4.78, 5) is 28.0. The number of alkyl halides is 2. The van der Waals surface area contributed by atoms with Gasteiger partial charge in [0.1, 0.15) is 11.6 Å². The van der Waals surface area contributed by atoms with Crippen LogP contribution in [0, 0.1) is 81.8 Å². The Hall–Kier alpha value is 0.220. The van der Waals surface area contributed by atoms with Gasteiger partial charge in [-0.15, -0.1) is 0 Å². The van der Waals surface area contributed by atoms with Crippen molar-refractivity contribution in [1.82, 2.24) is 0 Å². The molecular formula is C22H20Br2O4. The van der Waals surface area contributed by atoms with Crippen LogP contribution in [0.15, 0.2) is 0 Å². The third-order valence-electron chi connectivity index (χ3n) is 13.1. The Morgan fingerprint density at radius 1 is 0.643 bits per heavy atom. The Morgan fingerprint density at radius 2 is 1.04 bits per heavy atom. The molecule has 146 valence electrons. The number of Topliss-reactive ketones (excluding diaryl/α,β-unsaturated/α-hetero) is 2. The average Bonchev–Trinajstić information content (AvgIpc) is 3.44. The van der Waals surface area contributed by atoms with Gasteiger partial charge in [0.05, 0.1) is 12.2 Å². The van der Waals surface area contributed by atoms with Gasteiger partial charge in [0.2, 0.25) is 0 Å². The summed E-state index contributed by atoms with van der Waals surface area (Å²) in [6.07, 6.45) is 0.464. The fourth-order valence-corrected chi connectivity index (χ4v) is 18.4. The summed E-state index contributed by atoms with van der Waals surface area (Å²) in [5.41, 5.74) is -0.172. The molecule has 10 aliphatic carbocycles. The molecular weight excluding hydrogens is 488 g/mol. The molecule has 0 aliphatic heterocycles. The van der Waals surface area contributed by atoms with Crippen molar-refractivity contribution in [3.63, 3.8) is 0 Å². The van der Waals surface area contributed by atoms with E-state index in [1.165, 1.54) is 0 Å². The van der Waals surface area contributed by atoms with E-state index in [1.807, 2.05) is 14.2 Å². The second-order valence-corrected chi connectivity index (χ2v) is 14.4. The Labute approximate surface area is 179 Å². The molecule has 0 amide bonds. The van der Waals surface area contributed by atoms with E-state index in [9.17, 15) is 9.59 Å². The highest BCUT2D eigenvalue weighted by Crippen LogP contribution is 3.08. The highest BCUT2D eigenvalue weighted by Gasteiger charge is 3.13. The first-order chi connectivity index (χ1) is 13.4. The minimum atomic E-state index is -0.253. The summed E-state index contributed by atoms with van der Waals surface area (Å²) in [7, 11) is 3.78. The van der Waals surface area contributed by atoms with Crippen molar-refractivity contribution in [2.24, 2.45) is 81.8 Å². The molecule has 10 fully saturated rings. The van der Waals surface area contributed by atoms with Crippen molar-refractivity contribution in [3.8, 4) is 0 Å². The summed E-state index contributed by atoms with van der Waals surface area (Å²) in [5.74, 6) is 4.50. The van der Waals surface area contributed by atoms with Gasteiger partial charge in [-0.2, -0.15) is 0 Å². The monoisotopic (exact) mass is 506 g/mol. The Kier molecular flexibility index (Phi) is 1.83. The molecule has 10 saturated carbocycles. The fourth-order valence-electron chi connectivity index (χ4n) is 14.5. The van der Waals surface area contributed by atoms with E-state index in [0.717, 1.165) is 0 Å². The van der Waals surface area contributed by atoms with Crippen LogP contribution >= 0.6 is 31.9 Å². The van der Waals surface area contributed by atoms with E-state index in [-0.39, 0.29) is 67.2 Å². The molecule has 2 spiro atoms. The van der Waals surface area contributed by atoms with E-state index < -0.39 is 0 Å². The average molecular weight is 508 g/mol. The summed E-state index contributed by atoms with van der Waals surface area (Å²) < 4.78 is 12.1. The molecule has 0 radical (unpaired) electrons. The zero-order valence-corrected chi connectivity index (χ0v) is 18.6. The van der Waals surface area contributed by atoms with Gasteiger partial charge >= 0.3 is 0 Å². The Morgan fingerprint density at radius 3 is 1.46 bits per heavy atom. The number of hydrogen-bond acceptors (Lipinski definition) is 4. The molecule has 0 heterocycles. The van der Waals surface area contributed by atoms with Crippen molar-refractivity contribution in [1.29, 1.82) is 0 Å². The molecule has 0 saturated heterocycles. The van der Waals surface area contributed by atoms with Crippen molar-refractivity contribution in [2.75, 3.05) is 14.2 Å². The van der Waals surface area contributed by atoms with Gasteiger partial charge in [0.15, 0.2) is 0 Å². The van der Waals surface area contributed by atoms with Crippen LogP contribution in [0.4, 0.5) is 0 Å². The number of hydrogen-bond donors (Lipinski definition) is 0. The topological polar surface area (TPSA) is 52.6 Å². The van der Waals surface area contributed by atoms with E-state index in [2.05, 4.69) is 31.9 Å². The van der Waals surface area contributed by atoms with Crippen LogP contribution in [0.25, 0.3) is 0 Å². The minimum absolute atomic E-state index is 0.0203. The first-order valence-electron chi connectivity index (χ1n) is 11.0. The minimum Gasteiger partial charge on any atom is -0.381 e.